The summed E-state index contributed by atoms with van der Waals surface area (Å²) in [5.74, 6) is -0.722. The van der Waals surface area contributed by atoms with E-state index >= 15 is 0 Å². The fourth-order valence-corrected chi connectivity index (χ4v) is 2.88. The van der Waals surface area contributed by atoms with Crippen LogP contribution in [0.1, 0.15) is 15.2 Å². The summed E-state index contributed by atoms with van der Waals surface area (Å²) in [5.41, 5.74) is 2.13. The van der Waals surface area contributed by atoms with Crippen molar-refractivity contribution in [2.24, 2.45) is 0 Å². The van der Waals surface area contributed by atoms with Crippen molar-refractivity contribution < 1.29 is 14.3 Å². The van der Waals surface area contributed by atoms with Crippen LogP contribution < -0.4 is 5.32 Å². The van der Waals surface area contributed by atoms with E-state index in [-0.39, 0.29) is 12.5 Å². The highest BCUT2D eigenvalue weighted by Crippen LogP contribution is 2.32. The Balaban J connectivity index is 2.15. The molecule has 0 spiro atoms. The Morgan fingerprint density at radius 2 is 1.95 bits per heavy atom. The zero-order valence-corrected chi connectivity index (χ0v) is 12.1. The van der Waals surface area contributed by atoms with Gasteiger partial charge in [-0.05, 0) is 24.1 Å². The van der Waals surface area contributed by atoms with Crippen LogP contribution in [0.4, 0.5) is 0 Å². The topological polar surface area (TPSA) is 55.4 Å². The molecule has 0 bridgehead atoms. The SMILES string of the molecule is COC(=O)CNC(=O)c1cc(C)c(-c2ccccc2)s1. The molecule has 1 heterocycles. The summed E-state index contributed by atoms with van der Waals surface area (Å²) in [7, 11) is 1.29. The predicted octanol–water partition coefficient (Wildman–Crippen LogP) is 2.63. The summed E-state index contributed by atoms with van der Waals surface area (Å²) in [6, 6.07) is 11.7. The largest absolute Gasteiger partial charge is 0.468 e. The Labute approximate surface area is 121 Å². The van der Waals surface area contributed by atoms with E-state index < -0.39 is 5.97 Å². The maximum Gasteiger partial charge on any atom is 0.325 e. The molecule has 1 aromatic carbocycles. The molecule has 1 N–H and O–H groups in total. The molecule has 0 aliphatic carbocycles. The van der Waals surface area contributed by atoms with E-state index in [1.54, 1.807) is 0 Å². The van der Waals surface area contributed by atoms with Gasteiger partial charge in [0.2, 0.25) is 0 Å². The van der Waals surface area contributed by atoms with Gasteiger partial charge in [-0.2, -0.15) is 0 Å². The van der Waals surface area contributed by atoms with Crippen LogP contribution in [-0.4, -0.2) is 25.5 Å². The molecule has 5 heteroatoms. The third-order valence-corrected chi connectivity index (χ3v) is 4.08. The van der Waals surface area contributed by atoms with Crippen molar-refractivity contribution >= 4 is 23.2 Å². The van der Waals surface area contributed by atoms with Gasteiger partial charge in [-0.3, -0.25) is 9.59 Å². The predicted molar refractivity (Wildman–Crippen MR) is 78.8 cm³/mol. The Kier molecular flexibility index (Phi) is 4.53. The molecule has 104 valence electrons. The Morgan fingerprint density at radius 3 is 2.60 bits per heavy atom. The van der Waals surface area contributed by atoms with Crippen molar-refractivity contribution in [1.29, 1.82) is 0 Å². The maximum atomic E-state index is 12.0. The first-order valence-corrected chi connectivity index (χ1v) is 6.94. The van der Waals surface area contributed by atoms with Crippen molar-refractivity contribution in [3.8, 4) is 10.4 Å². The number of ether oxygens (including phenoxy) is 1. The smallest absolute Gasteiger partial charge is 0.325 e. The van der Waals surface area contributed by atoms with Crippen LogP contribution in [0.2, 0.25) is 0 Å². The summed E-state index contributed by atoms with van der Waals surface area (Å²) in [5, 5.41) is 2.54. The quantitative estimate of drug-likeness (QED) is 0.880. The number of benzene rings is 1. The molecule has 2 rings (SSSR count). The summed E-state index contributed by atoms with van der Waals surface area (Å²) in [6.45, 7) is 1.85. The molecule has 0 saturated heterocycles. The van der Waals surface area contributed by atoms with E-state index in [4.69, 9.17) is 0 Å². The first-order valence-electron chi connectivity index (χ1n) is 6.12. The van der Waals surface area contributed by atoms with E-state index in [0.717, 1.165) is 16.0 Å². The van der Waals surface area contributed by atoms with Gasteiger partial charge in [0, 0.05) is 4.88 Å². The van der Waals surface area contributed by atoms with Gasteiger partial charge in [0.25, 0.3) is 5.91 Å². The van der Waals surface area contributed by atoms with Crippen LogP contribution in [0, 0.1) is 6.92 Å². The lowest BCUT2D eigenvalue weighted by atomic mass is 10.1. The Bertz CT molecular complexity index is 619. The number of aryl methyl sites for hydroxylation is 1. The minimum Gasteiger partial charge on any atom is -0.468 e. The highest BCUT2D eigenvalue weighted by atomic mass is 32.1. The third-order valence-electron chi connectivity index (χ3n) is 2.80. The van der Waals surface area contributed by atoms with Crippen molar-refractivity contribution in [2.45, 2.75) is 6.92 Å². The second-order valence-electron chi connectivity index (χ2n) is 4.25. The minimum atomic E-state index is -0.463. The molecule has 1 aromatic heterocycles. The molecular weight excluding hydrogens is 274 g/mol. The van der Waals surface area contributed by atoms with E-state index in [2.05, 4.69) is 10.1 Å². The molecule has 0 fully saturated rings. The van der Waals surface area contributed by atoms with Crippen LogP contribution in [0.3, 0.4) is 0 Å². The molecule has 0 radical (unpaired) electrons. The number of methoxy groups -OCH3 is 1. The lowest BCUT2D eigenvalue weighted by molar-refractivity contribution is -0.139. The van der Waals surface area contributed by atoms with Gasteiger partial charge >= 0.3 is 5.97 Å². The normalized spacial score (nSPS) is 10.1. The van der Waals surface area contributed by atoms with Gasteiger partial charge in [-0.15, -0.1) is 11.3 Å². The van der Waals surface area contributed by atoms with Gasteiger partial charge < -0.3 is 10.1 Å². The first-order chi connectivity index (χ1) is 9.61. The van der Waals surface area contributed by atoms with E-state index in [0.29, 0.717) is 4.88 Å². The van der Waals surface area contributed by atoms with Crippen molar-refractivity contribution in [3.63, 3.8) is 0 Å². The number of hydrogen-bond donors (Lipinski definition) is 1. The highest BCUT2D eigenvalue weighted by molar-refractivity contribution is 7.17. The van der Waals surface area contributed by atoms with Gasteiger partial charge in [0.05, 0.1) is 12.0 Å². The van der Waals surface area contributed by atoms with Crippen molar-refractivity contribution in [3.05, 3.63) is 46.8 Å². The third kappa shape index (κ3) is 3.24. The fraction of sp³-hybridized carbons (Fsp3) is 0.200. The maximum absolute atomic E-state index is 12.0. The first kappa shape index (κ1) is 14.3. The monoisotopic (exact) mass is 289 g/mol. The van der Waals surface area contributed by atoms with Crippen molar-refractivity contribution in [2.75, 3.05) is 13.7 Å². The number of nitrogens with one attached hydrogen (secondary N) is 1. The standard InChI is InChI=1S/C15H15NO3S/c1-10-8-12(15(18)16-9-13(17)19-2)20-14(10)11-6-4-3-5-7-11/h3-8H,9H2,1-2H3,(H,16,18). The van der Waals surface area contributed by atoms with Crippen LogP contribution >= 0.6 is 11.3 Å². The fourth-order valence-electron chi connectivity index (χ4n) is 1.78. The molecule has 0 aliphatic heterocycles. The number of carbonyl (C=O) groups is 2. The molecular formula is C15H15NO3S. The summed E-state index contributed by atoms with van der Waals surface area (Å²) < 4.78 is 4.48. The second kappa shape index (κ2) is 6.34. The molecule has 1 amide bonds. The zero-order chi connectivity index (χ0) is 14.5. The lowest BCUT2D eigenvalue weighted by Gasteiger charge is -2.01. The Morgan fingerprint density at radius 1 is 1.25 bits per heavy atom. The van der Waals surface area contributed by atoms with E-state index in [9.17, 15) is 9.59 Å². The number of thiophene rings is 1. The van der Waals surface area contributed by atoms with Crippen molar-refractivity contribution in [1.82, 2.24) is 5.32 Å². The molecule has 20 heavy (non-hydrogen) atoms. The number of hydrogen-bond acceptors (Lipinski definition) is 4. The minimum absolute atomic E-state index is 0.118. The van der Waals surface area contributed by atoms with Crippen LogP contribution in [0.25, 0.3) is 10.4 Å². The summed E-state index contributed by atoms with van der Waals surface area (Å²) >= 11 is 1.42. The van der Waals surface area contributed by atoms with E-state index in [1.165, 1.54) is 18.4 Å². The number of amides is 1. The summed E-state index contributed by atoms with van der Waals surface area (Å²) in [4.78, 5) is 24.6. The van der Waals surface area contributed by atoms with E-state index in [1.807, 2.05) is 43.3 Å². The van der Waals surface area contributed by atoms with Gasteiger partial charge in [0.1, 0.15) is 6.54 Å². The van der Waals surface area contributed by atoms with Crippen LogP contribution in [-0.2, 0) is 9.53 Å². The number of rotatable bonds is 4. The summed E-state index contributed by atoms with van der Waals surface area (Å²) in [6.07, 6.45) is 0. The number of esters is 1. The molecule has 2 aromatic rings. The van der Waals surface area contributed by atoms with Gasteiger partial charge in [-0.1, -0.05) is 30.3 Å². The lowest BCUT2D eigenvalue weighted by Crippen LogP contribution is -2.29. The zero-order valence-electron chi connectivity index (χ0n) is 11.3. The highest BCUT2D eigenvalue weighted by Gasteiger charge is 2.14. The van der Waals surface area contributed by atoms with Crippen LogP contribution in [0.5, 0.6) is 0 Å². The molecule has 4 nitrogen and oxygen atoms in total. The molecule has 0 saturated carbocycles. The molecule has 0 atom stereocenters. The van der Waals surface area contributed by atoms with Gasteiger partial charge in [-0.25, -0.2) is 0 Å². The van der Waals surface area contributed by atoms with Gasteiger partial charge in [0.15, 0.2) is 0 Å². The Hall–Kier alpha value is -2.14. The number of carbonyl (C=O) groups excluding carboxylic acids is 2. The molecule has 0 aliphatic rings. The van der Waals surface area contributed by atoms with Crippen LogP contribution in [0.15, 0.2) is 36.4 Å². The average Bonchev–Trinajstić information content (AvgIpc) is 2.87. The second-order valence-corrected chi connectivity index (χ2v) is 5.30. The average molecular weight is 289 g/mol. The molecule has 0 unspecified atom stereocenters.